The molecule has 0 aliphatic heterocycles. The van der Waals surface area contributed by atoms with Gasteiger partial charge in [0.05, 0.1) is 19.3 Å². The van der Waals surface area contributed by atoms with Crippen LogP contribution in [0.1, 0.15) is 42.6 Å². The molecule has 4 heteroatoms. The van der Waals surface area contributed by atoms with Gasteiger partial charge >= 0.3 is 5.97 Å². The van der Waals surface area contributed by atoms with Gasteiger partial charge in [0, 0.05) is 26.2 Å². The first-order valence-corrected chi connectivity index (χ1v) is 7.56. The second-order valence-electron chi connectivity index (χ2n) is 5.12. The molecule has 0 aliphatic carbocycles. The molecule has 0 bridgehead atoms. The molecule has 0 aromatic heterocycles. The largest absolute Gasteiger partial charge is 0.465 e. The second kappa shape index (κ2) is 9.53. The lowest BCUT2D eigenvalue weighted by molar-refractivity contribution is 0.0600. The molecule has 1 aromatic carbocycles. The van der Waals surface area contributed by atoms with Gasteiger partial charge in [0.1, 0.15) is 0 Å². The third-order valence-corrected chi connectivity index (χ3v) is 3.80. The molecule has 21 heavy (non-hydrogen) atoms. The Labute approximate surface area is 128 Å². The molecule has 0 unspecified atom stereocenters. The number of hydrogen-bond donors (Lipinski definition) is 0. The molecule has 0 atom stereocenters. The van der Waals surface area contributed by atoms with E-state index in [1.165, 1.54) is 12.7 Å². The van der Waals surface area contributed by atoms with Crippen molar-refractivity contribution in [3.63, 3.8) is 0 Å². The van der Waals surface area contributed by atoms with E-state index in [1.807, 2.05) is 24.3 Å². The topological polar surface area (TPSA) is 38.8 Å². The number of carbonyl (C=O) groups is 1. The summed E-state index contributed by atoms with van der Waals surface area (Å²) in [5.74, 6) is -0.294. The molecule has 0 fully saturated rings. The van der Waals surface area contributed by atoms with Crippen LogP contribution in [-0.2, 0) is 16.0 Å². The minimum atomic E-state index is -0.294. The number of nitrogens with zero attached hydrogens (tertiary/aromatic N) is 1. The molecule has 1 rings (SSSR count). The van der Waals surface area contributed by atoms with Crippen molar-refractivity contribution in [1.82, 2.24) is 4.90 Å². The van der Waals surface area contributed by atoms with E-state index in [1.54, 1.807) is 7.11 Å². The van der Waals surface area contributed by atoms with E-state index < -0.39 is 0 Å². The fourth-order valence-corrected chi connectivity index (χ4v) is 2.50. The van der Waals surface area contributed by atoms with Crippen LogP contribution in [0.25, 0.3) is 0 Å². The summed E-state index contributed by atoms with van der Waals surface area (Å²) in [5, 5.41) is 0. The van der Waals surface area contributed by atoms with E-state index in [4.69, 9.17) is 9.47 Å². The summed E-state index contributed by atoms with van der Waals surface area (Å²) in [7, 11) is 3.13. The number of hydrogen-bond acceptors (Lipinski definition) is 4. The van der Waals surface area contributed by atoms with Crippen LogP contribution >= 0.6 is 0 Å². The number of esters is 1. The van der Waals surface area contributed by atoms with Crippen molar-refractivity contribution in [1.29, 1.82) is 0 Å². The predicted octanol–water partition coefficient (Wildman–Crippen LogP) is 3.11. The molecule has 0 saturated carbocycles. The van der Waals surface area contributed by atoms with E-state index in [0.29, 0.717) is 11.6 Å². The molecule has 0 spiro atoms. The average Bonchev–Trinajstić information content (AvgIpc) is 2.53. The molecule has 4 nitrogen and oxygen atoms in total. The molecule has 1 aromatic rings. The molecular formula is C17H27NO3. The average molecular weight is 293 g/mol. The van der Waals surface area contributed by atoms with Crippen LogP contribution in [-0.4, -0.2) is 44.3 Å². The zero-order valence-electron chi connectivity index (χ0n) is 13.6. The number of carbonyl (C=O) groups excluding carboxylic acids is 1. The monoisotopic (exact) mass is 293 g/mol. The minimum Gasteiger partial charge on any atom is -0.465 e. The number of benzene rings is 1. The Bertz CT molecular complexity index is 413. The fourth-order valence-electron chi connectivity index (χ4n) is 2.50. The number of rotatable bonds is 9. The van der Waals surface area contributed by atoms with Crippen LogP contribution in [0.15, 0.2) is 24.3 Å². The quantitative estimate of drug-likeness (QED) is 0.656. The highest BCUT2D eigenvalue weighted by Gasteiger charge is 2.15. The smallest absolute Gasteiger partial charge is 0.337 e. The van der Waals surface area contributed by atoms with Gasteiger partial charge in [-0.25, -0.2) is 4.79 Å². The summed E-state index contributed by atoms with van der Waals surface area (Å²) >= 11 is 0. The maximum absolute atomic E-state index is 11.4. The molecule has 0 saturated heterocycles. The highest BCUT2D eigenvalue weighted by molar-refractivity contribution is 5.89. The van der Waals surface area contributed by atoms with Crippen LogP contribution in [0.4, 0.5) is 0 Å². The first-order chi connectivity index (χ1) is 10.2. The van der Waals surface area contributed by atoms with Gasteiger partial charge in [0.2, 0.25) is 0 Å². The highest BCUT2D eigenvalue weighted by Crippen LogP contribution is 2.14. The second-order valence-corrected chi connectivity index (χ2v) is 5.12. The molecule has 118 valence electrons. The van der Waals surface area contributed by atoms with E-state index >= 15 is 0 Å². The van der Waals surface area contributed by atoms with Crippen molar-refractivity contribution in [2.45, 2.75) is 39.3 Å². The van der Waals surface area contributed by atoms with E-state index in [0.717, 1.165) is 32.5 Å². The Hall–Kier alpha value is -1.39. The van der Waals surface area contributed by atoms with Gasteiger partial charge in [-0.1, -0.05) is 26.0 Å². The van der Waals surface area contributed by atoms with Crippen molar-refractivity contribution < 1.29 is 14.3 Å². The molecule has 0 amide bonds. The SMILES string of the molecule is CCC(CC)N(CCOC)Cc1ccc(C(=O)OC)cc1. The van der Waals surface area contributed by atoms with Gasteiger partial charge < -0.3 is 9.47 Å². The lowest BCUT2D eigenvalue weighted by Crippen LogP contribution is -2.36. The zero-order valence-corrected chi connectivity index (χ0v) is 13.6. The third-order valence-electron chi connectivity index (χ3n) is 3.80. The van der Waals surface area contributed by atoms with Gasteiger partial charge in [-0.2, -0.15) is 0 Å². The van der Waals surface area contributed by atoms with Crippen LogP contribution in [0.5, 0.6) is 0 Å². The van der Waals surface area contributed by atoms with E-state index in [-0.39, 0.29) is 5.97 Å². The van der Waals surface area contributed by atoms with Gasteiger partial charge in [-0.3, -0.25) is 4.90 Å². The summed E-state index contributed by atoms with van der Waals surface area (Å²) in [4.78, 5) is 13.9. The Morgan fingerprint density at radius 2 is 1.76 bits per heavy atom. The lowest BCUT2D eigenvalue weighted by atomic mass is 10.1. The van der Waals surface area contributed by atoms with Crippen LogP contribution in [0, 0.1) is 0 Å². The number of ether oxygens (including phenoxy) is 2. The van der Waals surface area contributed by atoms with Crippen LogP contribution in [0.2, 0.25) is 0 Å². The number of methoxy groups -OCH3 is 2. The normalized spacial score (nSPS) is 11.1. The molecular weight excluding hydrogens is 266 g/mol. The lowest BCUT2D eigenvalue weighted by Gasteiger charge is -2.30. The minimum absolute atomic E-state index is 0.294. The van der Waals surface area contributed by atoms with Gasteiger partial charge in [-0.15, -0.1) is 0 Å². The van der Waals surface area contributed by atoms with Gasteiger partial charge in [0.15, 0.2) is 0 Å². The Morgan fingerprint density at radius 3 is 2.24 bits per heavy atom. The van der Waals surface area contributed by atoms with Crippen molar-refractivity contribution in [2.24, 2.45) is 0 Å². The summed E-state index contributed by atoms with van der Waals surface area (Å²) in [6.07, 6.45) is 2.25. The zero-order chi connectivity index (χ0) is 15.7. The highest BCUT2D eigenvalue weighted by atomic mass is 16.5. The third kappa shape index (κ3) is 5.48. The molecule has 0 radical (unpaired) electrons. The fraction of sp³-hybridized carbons (Fsp3) is 0.588. The Kier molecular flexibility index (Phi) is 8.01. The van der Waals surface area contributed by atoms with Crippen LogP contribution < -0.4 is 0 Å². The predicted molar refractivity (Wildman–Crippen MR) is 84.4 cm³/mol. The summed E-state index contributed by atoms with van der Waals surface area (Å²) in [6, 6.07) is 8.19. The maximum atomic E-state index is 11.4. The molecule has 0 N–H and O–H groups in total. The van der Waals surface area contributed by atoms with Crippen molar-refractivity contribution in [3.05, 3.63) is 35.4 Å². The first kappa shape index (κ1) is 17.7. The van der Waals surface area contributed by atoms with Crippen molar-refractivity contribution in [3.8, 4) is 0 Å². The van der Waals surface area contributed by atoms with Crippen LogP contribution in [0.3, 0.4) is 0 Å². The van der Waals surface area contributed by atoms with Gasteiger partial charge in [-0.05, 0) is 30.5 Å². The first-order valence-electron chi connectivity index (χ1n) is 7.56. The molecule has 0 heterocycles. The van der Waals surface area contributed by atoms with E-state index in [2.05, 4.69) is 18.7 Å². The van der Waals surface area contributed by atoms with E-state index in [9.17, 15) is 4.79 Å². The van der Waals surface area contributed by atoms with Gasteiger partial charge in [0.25, 0.3) is 0 Å². The summed E-state index contributed by atoms with van der Waals surface area (Å²) < 4.78 is 9.93. The molecule has 0 aliphatic rings. The Morgan fingerprint density at radius 1 is 1.14 bits per heavy atom. The standard InChI is InChI=1S/C17H27NO3/c1-5-16(6-2)18(11-12-20-3)13-14-7-9-15(10-8-14)17(19)21-4/h7-10,16H,5-6,11-13H2,1-4H3. The van der Waals surface area contributed by atoms with Crippen molar-refractivity contribution in [2.75, 3.05) is 27.4 Å². The maximum Gasteiger partial charge on any atom is 0.337 e. The Balaban J connectivity index is 2.75. The summed E-state index contributed by atoms with van der Waals surface area (Å²) in [6.45, 7) is 6.96. The summed E-state index contributed by atoms with van der Waals surface area (Å²) in [5.41, 5.74) is 1.79. The van der Waals surface area contributed by atoms with Crippen molar-refractivity contribution >= 4 is 5.97 Å².